The van der Waals surface area contributed by atoms with Gasteiger partial charge in [-0.1, -0.05) is 0 Å². The van der Waals surface area contributed by atoms with Crippen LogP contribution < -0.4 is 0 Å². The summed E-state index contributed by atoms with van der Waals surface area (Å²) in [6.45, 7) is 3.10. The molecule has 0 aromatic rings. The van der Waals surface area contributed by atoms with Crippen LogP contribution in [0.2, 0.25) is 0 Å². The number of aliphatic carboxylic acids is 1. The number of carboxylic acids is 1. The van der Waals surface area contributed by atoms with Crippen molar-refractivity contribution in [2.75, 3.05) is 47.1 Å². The first-order valence-electron chi connectivity index (χ1n) is 4.64. The summed E-state index contributed by atoms with van der Waals surface area (Å²) in [7, 11) is 3.50. The first-order valence-corrected chi connectivity index (χ1v) is 4.64. The molecule has 0 aliphatic rings. The van der Waals surface area contributed by atoms with Crippen LogP contribution in [0.5, 0.6) is 0 Å². The largest absolute Gasteiger partial charge is 0.481 e. The molecule has 0 aliphatic carbocycles. The highest BCUT2D eigenvalue weighted by Gasteiger charge is 2.01. The SMILES string of the molecule is COCCOCCN(C)CCC(=O)O.Cl. The van der Waals surface area contributed by atoms with E-state index in [2.05, 4.69) is 0 Å². The summed E-state index contributed by atoms with van der Waals surface area (Å²) < 4.78 is 10.0. The topological polar surface area (TPSA) is 59.0 Å². The molecule has 92 valence electrons. The molecule has 0 spiro atoms. The van der Waals surface area contributed by atoms with E-state index in [0.29, 0.717) is 26.4 Å². The Morgan fingerprint density at radius 3 is 2.47 bits per heavy atom. The van der Waals surface area contributed by atoms with Crippen molar-refractivity contribution < 1.29 is 19.4 Å². The van der Waals surface area contributed by atoms with Gasteiger partial charge in [0.05, 0.1) is 26.2 Å². The van der Waals surface area contributed by atoms with E-state index in [1.807, 2.05) is 11.9 Å². The Kier molecular flexibility index (Phi) is 13.3. The molecule has 0 unspecified atom stereocenters. The Balaban J connectivity index is 0. The minimum atomic E-state index is -0.767. The highest BCUT2D eigenvalue weighted by atomic mass is 35.5. The number of likely N-dealkylation sites (N-methyl/N-ethyl adjacent to an activating group) is 1. The number of halogens is 1. The Bertz CT molecular complexity index is 157. The molecule has 0 radical (unpaired) electrons. The zero-order valence-corrected chi connectivity index (χ0v) is 10.1. The average Bonchev–Trinajstić information content (AvgIpc) is 2.14. The standard InChI is InChI=1S/C9H19NO4.ClH/c1-10(4-3-9(11)12)5-6-14-8-7-13-2;/h3-8H2,1-2H3,(H,11,12);1H. The van der Waals surface area contributed by atoms with Crippen molar-refractivity contribution in [1.29, 1.82) is 0 Å². The molecule has 0 fully saturated rings. The van der Waals surface area contributed by atoms with Gasteiger partial charge >= 0.3 is 5.97 Å². The summed E-state index contributed by atoms with van der Waals surface area (Å²) in [5, 5.41) is 8.43. The van der Waals surface area contributed by atoms with Gasteiger partial charge in [0.25, 0.3) is 0 Å². The summed E-state index contributed by atoms with van der Waals surface area (Å²) in [6, 6.07) is 0. The number of hydrogen-bond donors (Lipinski definition) is 1. The van der Waals surface area contributed by atoms with Crippen molar-refractivity contribution in [3.8, 4) is 0 Å². The van der Waals surface area contributed by atoms with Gasteiger partial charge in [-0.25, -0.2) is 0 Å². The van der Waals surface area contributed by atoms with Crippen molar-refractivity contribution in [3.05, 3.63) is 0 Å². The molecule has 0 aromatic carbocycles. The fraction of sp³-hybridized carbons (Fsp3) is 0.889. The molecule has 0 aromatic heterocycles. The molecule has 0 aliphatic heterocycles. The maximum Gasteiger partial charge on any atom is 0.304 e. The van der Waals surface area contributed by atoms with Gasteiger partial charge in [-0.15, -0.1) is 12.4 Å². The minimum absolute atomic E-state index is 0. The van der Waals surface area contributed by atoms with Crippen LogP contribution in [0, 0.1) is 0 Å². The fourth-order valence-electron chi connectivity index (χ4n) is 0.863. The number of rotatable bonds is 9. The van der Waals surface area contributed by atoms with E-state index in [-0.39, 0.29) is 18.8 Å². The molecule has 0 saturated carbocycles. The molecule has 0 amide bonds. The van der Waals surface area contributed by atoms with Gasteiger partial charge in [0.1, 0.15) is 0 Å². The van der Waals surface area contributed by atoms with Crippen LogP contribution in [0.15, 0.2) is 0 Å². The number of nitrogens with zero attached hydrogens (tertiary/aromatic N) is 1. The lowest BCUT2D eigenvalue weighted by Crippen LogP contribution is -2.26. The van der Waals surface area contributed by atoms with Gasteiger partial charge in [0, 0.05) is 20.2 Å². The predicted octanol–water partition coefficient (Wildman–Crippen LogP) is 0.478. The smallest absolute Gasteiger partial charge is 0.304 e. The van der Waals surface area contributed by atoms with Crippen molar-refractivity contribution in [2.24, 2.45) is 0 Å². The quantitative estimate of drug-likeness (QED) is 0.595. The second-order valence-electron chi connectivity index (χ2n) is 3.05. The third-order valence-corrected chi connectivity index (χ3v) is 1.76. The Labute approximate surface area is 96.8 Å². The van der Waals surface area contributed by atoms with E-state index in [9.17, 15) is 4.79 Å². The third kappa shape index (κ3) is 13.6. The summed E-state index contributed by atoms with van der Waals surface area (Å²) in [5.74, 6) is -0.767. The monoisotopic (exact) mass is 241 g/mol. The van der Waals surface area contributed by atoms with E-state index in [0.717, 1.165) is 6.54 Å². The van der Waals surface area contributed by atoms with Crippen molar-refractivity contribution in [1.82, 2.24) is 4.90 Å². The third-order valence-electron chi connectivity index (χ3n) is 1.76. The average molecular weight is 242 g/mol. The summed E-state index contributed by atoms with van der Waals surface area (Å²) >= 11 is 0. The molecule has 6 heteroatoms. The lowest BCUT2D eigenvalue weighted by Gasteiger charge is -2.14. The number of ether oxygens (including phenoxy) is 2. The first-order chi connectivity index (χ1) is 6.66. The second-order valence-corrected chi connectivity index (χ2v) is 3.05. The number of carboxylic acid groups (broad SMARTS) is 1. The van der Waals surface area contributed by atoms with Crippen LogP contribution in [0.25, 0.3) is 0 Å². The second kappa shape index (κ2) is 11.7. The van der Waals surface area contributed by atoms with Crippen LogP contribution in [-0.4, -0.2) is 63.0 Å². The van der Waals surface area contributed by atoms with E-state index in [1.54, 1.807) is 7.11 Å². The van der Waals surface area contributed by atoms with E-state index >= 15 is 0 Å². The summed E-state index contributed by atoms with van der Waals surface area (Å²) in [5.41, 5.74) is 0. The predicted molar refractivity (Wildman–Crippen MR) is 59.7 cm³/mol. The molecule has 0 rings (SSSR count). The van der Waals surface area contributed by atoms with Crippen molar-refractivity contribution in [2.45, 2.75) is 6.42 Å². The van der Waals surface area contributed by atoms with Crippen LogP contribution in [-0.2, 0) is 14.3 Å². The Morgan fingerprint density at radius 1 is 1.27 bits per heavy atom. The number of carbonyl (C=O) groups is 1. The van der Waals surface area contributed by atoms with Gasteiger partial charge < -0.3 is 19.5 Å². The maximum atomic E-state index is 10.2. The minimum Gasteiger partial charge on any atom is -0.481 e. The summed E-state index contributed by atoms with van der Waals surface area (Å²) in [6.07, 6.45) is 0.175. The maximum absolute atomic E-state index is 10.2. The number of hydrogen-bond acceptors (Lipinski definition) is 4. The van der Waals surface area contributed by atoms with Crippen molar-refractivity contribution >= 4 is 18.4 Å². The van der Waals surface area contributed by atoms with Crippen LogP contribution >= 0.6 is 12.4 Å². The van der Waals surface area contributed by atoms with Gasteiger partial charge in [-0.2, -0.15) is 0 Å². The molecule has 5 nitrogen and oxygen atoms in total. The van der Waals surface area contributed by atoms with Crippen molar-refractivity contribution in [3.63, 3.8) is 0 Å². The van der Waals surface area contributed by atoms with Gasteiger partial charge in [0.2, 0.25) is 0 Å². The zero-order valence-electron chi connectivity index (χ0n) is 9.27. The van der Waals surface area contributed by atoms with Crippen LogP contribution in [0.4, 0.5) is 0 Å². The molecule has 15 heavy (non-hydrogen) atoms. The zero-order chi connectivity index (χ0) is 10.8. The van der Waals surface area contributed by atoms with Gasteiger partial charge in [0.15, 0.2) is 0 Å². The molecular weight excluding hydrogens is 222 g/mol. The van der Waals surface area contributed by atoms with E-state index in [4.69, 9.17) is 14.6 Å². The van der Waals surface area contributed by atoms with Gasteiger partial charge in [-0.05, 0) is 7.05 Å². The molecule has 0 atom stereocenters. The molecular formula is C9H20ClNO4. The molecule has 0 bridgehead atoms. The van der Waals surface area contributed by atoms with E-state index in [1.165, 1.54) is 0 Å². The molecule has 0 heterocycles. The lowest BCUT2D eigenvalue weighted by atomic mass is 10.4. The highest BCUT2D eigenvalue weighted by molar-refractivity contribution is 5.85. The number of methoxy groups -OCH3 is 1. The fourth-order valence-corrected chi connectivity index (χ4v) is 0.863. The van der Waals surface area contributed by atoms with Crippen LogP contribution in [0.1, 0.15) is 6.42 Å². The summed E-state index contributed by atoms with van der Waals surface area (Å²) in [4.78, 5) is 12.2. The highest BCUT2D eigenvalue weighted by Crippen LogP contribution is 1.88. The van der Waals surface area contributed by atoms with Gasteiger partial charge in [-0.3, -0.25) is 4.79 Å². The normalized spacial score (nSPS) is 10.1. The Hall–Kier alpha value is -0.360. The molecule has 1 N–H and O–H groups in total. The Morgan fingerprint density at radius 2 is 1.93 bits per heavy atom. The van der Waals surface area contributed by atoms with Crippen LogP contribution in [0.3, 0.4) is 0 Å². The molecule has 0 saturated heterocycles. The van der Waals surface area contributed by atoms with E-state index < -0.39 is 5.97 Å². The first kappa shape index (κ1) is 17.0. The lowest BCUT2D eigenvalue weighted by molar-refractivity contribution is -0.137.